The second-order valence-corrected chi connectivity index (χ2v) is 2.33. The summed E-state index contributed by atoms with van der Waals surface area (Å²) in [6.07, 6.45) is 8.54. The molecule has 0 aromatic heterocycles. The molecule has 2 bridgehead atoms. The Morgan fingerprint density at radius 2 is 1.50 bits per heavy atom. The van der Waals surface area contributed by atoms with Crippen LogP contribution in [0.1, 0.15) is 19.3 Å². The monoisotopic (exact) mass is 198 g/mol. The Labute approximate surface area is 63.3 Å². The Bertz CT molecular complexity index is 136. The van der Waals surface area contributed by atoms with E-state index in [9.17, 15) is 0 Å². The second kappa shape index (κ2) is 2.17. The minimum Gasteiger partial charge on any atom is -0.0658 e. The molecule has 0 radical (unpaired) electrons. The Balaban J connectivity index is 0.000000320. The summed E-state index contributed by atoms with van der Waals surface area (Å²) in [6, 6.07) is 0. The van der Waals surface area contributed by atoms with Crippen molar-refractivity contribution >= 4 is 0 Å². The average molecular weight is 199 g/mol. The maximum atomic E-state index is 2.26. The molecule has 0 spiro atoms. The summed E-state index contributed by atoms with van der Waals surface area (Å²) in [6.45, 7) is 0. The predicted octanol–water partition coefficient (Wildman–Crippen LogP) is 2.03. The molecule has 1 saturated carbocycles. The van der Waals surface area contributed by atoms with Crippen LogP contribution in [0.2, 0.25) is 0 Å². The van der Waals surface area contributed by atoms with Gasteiger partial charge in [0.1, 0.15) is 0 Å². The smallest absolute Gasteiger partial charge is 0 e. The van der Waals surface area contributed by atoms with Gasteiger partial charge in [-0.1, -0.05) is 23.3 Å². The first-order valence-electron chi connectivity index (χ1n) is 2.82. The van der Waals surface area contributed by atoms with Gasteiger partial charge in [-0.25, -0.2) is 0 Å². The summed E-state index contributed by atoms with van der Waals surface area (Å²) < 4.78 is 0. The molecule has 0 N–H and O–H groups in total. The molecule has 2 rings (SSSR count). The van der Waals surface area contributed by atoms with Gasteiger partial charge in [0.15, 0.2) is 0 Å². The number of rotatable bonds is 0. The number of hydrogen-bond acceptors (Lipinski definition) is 0. The van der Waals surface area contributed by atoms with Gasteiger partial charge in [0.2, 0.25) is 0 Å². The zero-order valence-electron chi connectivity index (χ0n) is 4.59. The van der Waals surface area contributed by atoms with Gasteiger partial charge in [0, 0.05) is 20.4 Å². The molecule has 46 valence electrons. The fraction of sp³-hybridized carbons (Fsp3) is 0.429. The van der Waals surface area contributed by atoms with Gasteiger partial charge in [-0.15, -0.1) is 0 Å². The van der Waals surface area contributed by atoms with Crippen LogP contribution in [0.15, 0.2) is 23.3 Å². The molecule has 2 aliphatic carbocycles. The molecule has 0 aromatic carbocycles. The zero-order valence-corrected chi connectivity index (χ0v) is 6.15. The minimum atomic E-state index is 0. The first-order valence-corrected chi connectivity index (χ1v) is 2.82. The summed E-state index contributed by atoms with van der Waals surface area (Å²) >= 11 is 0. The Kier molecular flexibility index (Phi) is 1.70. The maximum absolute atomic E-state index is 2.26. The third-order valence-electron chi connectivity index (χ3n) is 1.78. The van der Waals surface area contributed by atoms with Crippen molar-refractivity contribution < 1.29 is 20.4 Å². The van der Waals surface area contributed by atoms with Gasteiger partial charge in [-0.05, 0) is 19.3 Å². The van der Waals surface area contributed by atoms with E-state index >= 15 is 0 Å². The van der Waals surface area contributed by atoms with Gasteiger partial charge in [0.05, 0.1) is 0 Å². The molecule has 1 heteroatoms. The summed E-state index contributed by atoms with van der Waals surface area (Å²) in [5, 5.41) is 0. The van der Waals surface area contributed by atoms with Crippen molar-refractivity contribution in [3.8, 4) is 0 Å². The van der Waals surface area contributed by atoms with Crippen LogP contribution in [0.5, 0.6) is 0 Å². The van der Waals surface area contributed by atoms with Crippen LogP contribution in [0, 0.1) is 0 Å². The summed E-state index contributed by atoms with van der Waals surface area (Å²) in [5.74, 6) is 0. The van der Waals surface area contributed by atoms with Crippen LogP contribution in [0.25, 0.3) is 0 Å². The average Bonchev–Trinajstić information content (AvgIpc) is 2.22. The molecule has 0 nitrogen and oxygen atoms in total. The van der Waals surface area contributed by atoms with Crippen LogP contribution in [0.4, 0.5) is 0 Å². The number of allylic oxidation sites excluding steroid dienone is 4. The van der Waals surface area contributed by atoms with E-state index in [2.05, 4.69) is 12.2 Å². The van der Waals surface area contributed by atoms with Crippen molar-refractivity contribution in [1.82, 2.24) is 0 Å². The van der Waals surface area contributed by atoms with Gasteiger partial charge < -0.3 is 0 Å². The largest absolute Gasteiger partial charge is 0.0658 e. The van der Waals surface area contributed by atoms with E-state index in [0.29, 0.717) is 0 Å². The summed E-state index contributed by atoms with van der Waals surface area (Å²) in [5.41, 5.74) is 3.30. The predicted molar refractivity (Wildman–Crippen MR) is 30.0 cm³/mol. The minimum absolute atomic E-state index is 0. The first kappa shape index (κ1) is 6.27. The van der Waals surface area contributed by atoms with Crippen LogP contribution < -0.4 is 0 Å². The quantitative estimate of drug-likeness (QED) is 0.523. The van der Waals surface area contributed by atoms with E-state index in [1.165, 1.54) is 19.3 Å². The van der Waals surface area contributed by atoms with E-state index in [1.807, 2.05) is 0 Å². The summed E-state index contributed by atoms with van der Waals surface area (Å²) in [4.78, 5) is 0. The number of hydrogen-bond donors (Lipinski definition) is 0. The Morgan fingerprint density at radius 3 is 1.62 bits per heavy atom. The van der Waals surface area contributed by atoms with Gasteiger partial charge in [0.25, 0.3) is 0 Å². The molecule has 0 saturated heterocycles. The fourth-order valence-electron chi connectivity index (χ4n) is 1.31. The van der Waals surface area contributed by atoms with E-state index in [4.69, 9.17) is 0 Å². The molecule has 0 aromatic rings. The van der Waals surface area contributed by atoms with Crippen molar-refractivity contribution in [2.45, 2.75) is 19.3 Å². The molecule has 8 heavy (non-hydrogen) atoms. The first-order chi connectivity index (χ1) is 3.45. The Hall–Kier alpha value is 0.142. The van der Waals surface area contributed by atoms with E-state index in [0.717, 1.165) is 0 Å². The molecule has 0 unspecified atom stereocenters. The van der Waals surface area contributed by atoms with Crippen molar-refractivity contribution in [2.24, 2.45) is 0 Å². The van der Waals surface area contributed by atoms with Gasteiger partial charge in [-0.3, -0.25) is 0 Å². The molecule has 0 amide bonds. The fourth-order valence-corrected chi connectivity index (χ4v) is 1.31. The molecule has 0 heterocycles. The van der Waals surface area contributed by atoms with Crippen LogP contribution in [-0.2, 0) is 20.4 Å². The Morgan fingerprint density at radius 1 is 1.00 bits per heavy atom. The van der Waals surface area contributed by atoms with Crippen LogP contribution in [-0.4, -0.2) is 0 Å². The molecular weight excluding hydrogens is 190 g/mol. The number of fused-ring (bicyclic) bond motifs is 2. The molecule has 0 atom stereocenters. The second-order valence-electron chi connectivity index (χ2n) is 2.33. The topological polar surface area (TPSA) is 0 Å². The molecule has 2 aliphatic rings. The van der Waals surface area contributed by atoms with E-state index in [1.54, 1.807) is 11.1 Å². The van der Waals surface area contributed by atoms with Crippen LogP contribution >= 0.6 is 0 Å². The molecule has 1 fully saturated rings. The van der Waals surface area contributed by atoms with Crippen molar-refractivity contribution in [1.29, 1.82) is 0 Å². The summed E-state index contributed by atoms with van der Waals surface area (Å²) in [7, 11) is 0. The third kappa shape index (κ3) is 0.812. The molecular formula is C7H8Pd. The SMILES string of the molecule is C1=C2CCC(=C1)C2.[Pd]. The van der Waals surface area contributed by atoms with Gasteiger partial charge >= 0.3 is 0 Å². The van der Waals surface area contributed by atoms with Crippen LogP contribution in [0.3, 0.4) is 0 Å². The van der Waals surface area contributed by atoms with E-state index < -0.39 is 0 Å². The normalized spacial score (nSPS) is 22.0. The standard InChI is InChI=1S/C7H8.Pd/c1-2-7-4-3-6(1)5-7;/h1-2H,3-5H2;. The molecule has 0 aliphatic heterocycles. The van der Waals surface area contributed by atoms with Crippen molar-refractivity contribution in [3.05, 3.63) is 23.3 Å². The third-order valence-corrected chi connectivity index (χ3v) is 1.78. The van der Waals surface area contributed by atoms with E-state index in [-0.39, 0.29) is 20.4 Å². The van der Waals surface area contributed by atoms with Crippen molar-refractivity contribution in [2.75, 3.05) is 0 Å². The maximum Gasteiger partial charge on any atom is 0 e. The van der Waals surface area contributed by atoms with Gasteiger partial charge in [-0.2, -0.15) is 0 Å². The zero-order chi connectivity index (χ0) is 4.69. The van der Waals surface area contributed by atoms with Crippen molar-refractivity contribution in [3.63, 3.8) is 0 Å².